The lowest BCUT2D eigenvalue weighted by Crippen LogP contribution is -2.21. The first-order chi connectivity index (χ1) is 12.0. The highest BCUT2D eigenvalue weighted by molar-refractivity contribution is 5.95. The Morgan fingerprint density at radius 2 is 2.04 bits per heavy atom. The summed E-state index contributed by atoms with van der Waals surface area (Å²) in [5, 5.41) is 8.96. The molecule has 0 unspecified atom stereocenters. The van der Waals surface area contributed by atoms with Crippen molar-refractivity contribution in [1.82, 2.24) is 4.57 Å². The first-order valence-corrected chi connectivity index (χ1v) is 8.13. The third-order valence-electron chi connectivity index (χ3n) is 3.76. The summed E-state index contributed by atoms with van der Waals surface area (Å²) in [6, 6.07) is 2.29. The van der Waals surface area contributed by atoms with Crippen molar-refractivity contribution >= 4 is 16.9 Å². The lowest BCUT2D eigenvalue weighted by atomic mass is 10.1. The summed E-state index contributed by atoms with van der Waals surface area (Å²) < 4.78 is 34.0. The number of carbonyl (C=O) groups is 1. The number of fused-ring (bicyclic) bond motifs is 1. The van der Waals surface area contributed by atoms with Crippen molar-refractivity contribution in [3.8, 4) is 6.07 Å². The van der Waals surface area contributed by atoms with E-state index in [4.69, 9.17) is 10.00 Å². The first-order valence-electron chi connectivity index (χ1n) is 8.13. The van der Waals surface area contributed by atoms with Crippen LogP contribution in [0.3, 0.4) is 0 Å². The summed E-state index contributed by atoms with van der Waals surface area (Å²) in [6.07, 6.45) is 2.81. The molecule has 1 fully saturated rings. The van der Waals surface area contributed by atoms with Crippen molar-refractivity contribution in [3.63, 3.8) is 0 Å². The Morgan fingerprint density at radius 3 is 2.56 bits per heavy atom. The number of nitriles is 1. The van der Waals surface area contributed by atoms with Crippen LogP contribution in [-0.2, 0) is 4.74 Å². The van der Waals surface area contributed by atoms with Gasteiger partial charge in [0.05, 0.1) is 17.5 Å². The third-order valence-corrected chi connectivity index (χ3v) is 3.76. The maximum atomic E-state index is 13.9. The minimum atomic E-state index is -1.30. The Hall–Kier alpha value is -2.75. The zero-order valence-electron chi connectivity index (χ0n) is 14.2. The fourth-order valence-electron chi connectivity index (χ4n) is 2.56. The normalized spacial score (nSPS) is 13.0. The van der Waals surface area contributed by atoms with Gasteiger partial charge in [0.15, 0.2) is 11.6 Å². The zero-order valence-corrected chi connectivity index (χ0v) is 14.2. The molecule has 5 nitrogen and oxygen atoms in total. The van der Waals surface area contributed by atoms with E-state index in [-0.39, 0.29) is 29.1 Å². The van der Waals surface area contributed by atoms with E-state index in [1.807, 2.05) is 13.8 Å². The van der Waals surface area contributed by atoms with Crippen LogP contribution in [0, 0.1) is 23.0 Å². The van der Waals surface area contributed by atoms with Crippen LogP contribution >= 0.6 is 0 Å². The summed E-state index contributed by atoms with van der Waals surface area (Å²) in [7, 11) is 0. The molecule has 1 saturated carbocycles. The van der Waals surface area contributed by atoms with Gasteiger partial charge < -0.3 is 9.30 Å². The molecule has 1 aromatic carbocycles. The molecule has 25 heavy (non-hydrogen) atoms. The predicted octanol–water partition coefficient (Wildman–Crippen LogP) is 3.69. The van der Waals surface area contributed by atoms with Gasteiger partial charge in [-0.15, -0.1) is 0 Å². The minimum absolute atomic E-state index is 0.0203. The van der Waals surface area contributed by atoms with Crippen LogP contribution in [0.5, 0.6) is 0 Å². The van der Waals surface area contributed by atoms with Gasteiger partial charge in [0.1, 0.15) is 17.2 Å². The molecule has 2 aromatic rings. The van der Waals surface area contributed by atoms with Crippen molar-refractivity contribution in [2.45, 2.75) is 39.7 Å². The fourth-order valence-corrected chi connectivity index (χ4v) is 2.56. The van der Waals surface area contributed by atoms with Gasteiger partial charge in [0.2, 0.25) is 5.43 Å². The van der Waals surface area contributed by atoms with Crippen LogP contribution in [-0.4, -0.2) is 17.1 Å². The second-order valence-electron chi connectivity index (χ2n) is 5.29. The van der Waals surface area contributed by atoms with E-state index < -0.39 is 28.6 Å². The monoisotopic (exact) mass is 348 g/mol. The molecule has 0 N–H and O–H groups in total. The van der Waals surface area contributed by atoms with Crippen LogP contribution in [0.25, 0.3) is 10.9 Å². The third kappa shape index (κ3) is 3.25. The number of hydrogen-bond acceptors (Lipinski definition) is 4. The number of hydrogen-bond donors (Lipinski definition) is 0. The summed E-state index contributed by atoms with van der Waals surface area (Å²) in [5.74, 6) is -3.41. The molecule has 1 aliphatic carbocycles. The van der Waals surface area contributed by atoms with E-state index in [1.165, 1.54) is 10.8 Å². The highest BCUT2D eigenvalue weighted by Crippen LogP contribution is 2.38. The van der Waals surface area contributed by atoms with Crippen molar-refractivity contribution in [2.24, 2.45) is 0 Å². The average Bonchev–Trinajstić information content (AvgIpc) is 3.44. The van der Waals surface area contributed by atoms with Gasteiger partial charge in [-0.3, -0.25) is 4.79 Å². The summed E-state index contributed by atoms with van der Waals surface area (Å²) in [5.41, 5.74) is -1.53. The van der Waals surface area contributed by atoms with E-state index in [0.29, 0.717) is 0 Å². The molecule has 0 atom stereocenters. The molecular formula is C18H18F2N2O3. The second kappa shape index (κ2) is 7.43. The number of ether oxygens (including phenoxy) is 1. The van der Waals surface area contributed by atoms with Crippen LogP contribution < -0.4 is 5.43 Å². The molecular weight excluding hydrogens is 330 g/mol. The van der Waals surface area contributed by atoms with Crippen LogP contribution in [0.15, 0.2) is 17.1 Å². The number of benzene rings is 1. The predicted molar refractivity (Wildman–Crippen MR) is 88.4 cm³/mol. The number of pyridine rings is 1. The largest absolute Gasteiger partial charge is 0.462 e. The molecule has 0 saturated heterocycles. The maximum absolute atomic E-state index is 13.9. The number of nitrogens with zero attached hydrogens (tertiary/aromatic N) is 2. The average molecular weight is 348 g/mol. The van der Waals surface area contributed by atoms with E-state index in [1.54, 1.807) is 13.0 Å². The summed E-state index contributed by atoms with van der Waals surface area (Å²) in [4.78, 5) is 24.4. The van der Waals surface area contributed by atoms with Crippen molar-refractivity contribution in [1.29, 1.82) is 5.26 Å². The molecule has 0 bridgehead atoms. The Bertz CT molecular complexity index is 925. The topological polar surface area (TPSA) is 72.1 Å². The maximum Gasteiger partial charge on any atom is 0.343 e. The molecule has 1 aromatic heterocycles. The Labute approximate surface area is 143 Å². The van der Waals surface area contributed by atoms with Gasteiger partial charge in [-0.1, -0.05) is 13.8 Å². The minimum Gasteiger partial charge on any atom is -0.462 e. The van der Waals surface area contributed by atoms with Gasteiger partial charge in [-0.25, -0.2) is 13.6 Å². The Kier molecular flexibility index (Phi) is 5.52. The molecule has 1 heterocycles. The number of esters is 1. The second-order valence-corrected chi connectivity index (χ2v) is 5.29. The van der Waals surface area contributed by atoms with Gasteiger partial charge in [-0.2, -0.15) is 5.26 Å². The van der Waals surface area contributed by atoms with Gasteiger partial charge in [0, 0.05) is 12.2 Å². The molecule has 0 radical (unpaired) electrons. The van der Waals surface area contributed by atoms with Crippen molar-refractivity contribution < 1.29 is 18.3 Å². The highest BCUT2D eigenvalue weighted by Gasteiger charge is 2.30. The quantitative estimate of drug-likeness (QED) is 0.793. The zero-order chi connectivity index (χ0) is 18.7. The molecule has 132 valence electrons. The molecule has 1 aliphatic rings. The Balaban J connectivity index is 0.00000109. The summed E-state index contributed by atoms with van der Waals surface area (Å²) in [6.45, 7) is 5.68. The molecule has 7 heteroatoms. The van der Waals surface area contributed by atoms with Crippen molar-refractivity contribution in [3.05, 3.63) is 45.2 Å². The summed E-state index contributed by atoms with van der Waals surface area (Å²) >= 11 is 0. The van der Waals surface area contributed by atoms with Gasteiger partial charge in [0.25, 0.3) is 0 Å². The number of carbonyl (C=O) groups excluding carboxylic acids is 1. The smallest absolute Gasteiger partial charge is 0.343 e. The van der Waals surface area contributed by atoms with E-state index in [9.17, 15) is 18.4 Å². The highest BCUT2D eigenvalue weighted by atomic mass is 19.2. The molecule has 0 spiro atoms. The van der Waals surface area contributed by atoms with Crippen LogP contribution in [0.4, 0.5) is 8.78 Å². The van der Waals surface area contributed by atoms with E-state index >= 15 is 0 Å². The van der Waals surface area contributed by atoms with Crippen LogP contribution in [0.1, 0.15) is 55.6 Å². The van der Waals surface area contributed by atoms with Crippen LogP contribution in [0.2, 0.25) is 0 Å². The lowest BCUT2D eigenvalue weighted by molar-refractivity contribution is 0.0524. The number of halogens is 2. The lowest BCUT2D eigenvalue weighted by Gasteiger charge is -2.14. The number of aromatic nitrogens is 1. The SMILES string of the molecule is CC.CCOC(=O)c1cn(C2CC2)c2c(C#N)c(F)c(F)cc2c1=O. The standard InChI is InChI=1S/C16H12F2N2O3.C2H6/c1-2-23-16(22)11-7-20(8-3-4-8)14-9(15(11)21)5-12(17)13(18)10(14)6-19;1-2/h5,7-8H,2-4H2,1H3;1-2H3. The number of rotatable bonds is 3. The van der Waals surface area contributed by atoms with Crippen molar-refractivity contribution in [2.75, 3.05) is 6.61 Å². The first kappa shape index (κ1) is 18.6. The van der Waals surface area contributed by atoms with Gasteiger partial charge >= 0.3 is 5.97 Å². The van der Waals surface area contributed by atoms with E-state index in [0.717, 1.165) is 18.9 Å². The molecule has 0 aliphatic heterocycles. The Morgan fingerprint density at radius 1 is 1.40 bits per heavy atom. The van der Waals surface area contributed by atoms with E-state index in [2.05, 4.69) is 0 Å². The molecule has 3 rings (SSSR count). The van der Waals surface area contributed by atoms with Gasteiger partial charge in [-0.05, 0) is 25.8 Å². The fraction of sp³-hybridized carbons (Fsp3) is 0.389. The molecule has 0 amide bonds.